The molecule has 1 amide bonds. The normalized spacial score (nSPS) is 32.4. The number of carbonyl (C=O) groups is 1. The van der Waals surface area contributed by atoms with Gasteiger partial charge in [-0.2, -0.15) is 0 Å². The van der Waals surface area contributed by atoms with Crippen LogP contribution >= 0.6 is 0 Å². The fraction of sp³-hybridized carbons (Fsp3) is 0.469. The molecule has 6 nitrogen and oxygen atoms in total. The van der Waals surface area contributed by atoms with Crippen LogP contribution in [-0.4, -0.2) is 56.9 Å². The SMILES string of the molecule is C[C@H]1[C@H](NC(=O)c2ccc3ccccc3c2)CC[C@@]2(O)C3Cc4ccc(O)c(O)c4[C@@]12CCN3CC1CC1. The van der Waals surface area contributed by atoms with Gasteiger partial charge in [-0.3, -0.25) is 9.69 Å². The van der Waals surface area contributed by atoms with Crippen LogP contribution in [0.2, 0.25) is 0 Å². The molecule has 7 rings (SSSR count). The summed E-state index contributed by atoms with van der Waals surface area (Å²) in [5.74, 6) is 0.212. The van der Waals surface area contributed by atoms with Crippen molar-refractivity contribution < 1.29 is 20.1 Å². The van der Waals surface area contributed by atoms with E-state index in [0.717, 1.165) is 35.3 Å². The first-order valence-electron chi connectivity index (χ1n) is 14.1. The standard InChI is InChI=1S/C32H36N2O4/c1-19-25(33-30(37)24-9-8-21-4-2-3-5-22(21)16-24)12-13-32(38)27-17-23-10-11-26(35)29(36)28(23)31(19,32)14-15-34(27)18-20-6-7-20/h2-5,8-11,16,19-20,25,27,35-36,38H,6-7,12-15,17-18H2,1H3,(H,33,37)/t19-,25+,27?,31+,32+/m0/s1. The highest BCUT2D eigenvalue weighted by Gasteiger charge is 2.68. The molecule has 0 aromatic heterocycles. The summed E-state index contributed by atoms with van der Waals surface area (Å²) in [5, 5.41) is 39.8. The smallest absolute Gasteiger partial charge is 0.251 e. The van der Waals surface area contributed by atoms with Gasteiger partial charge in [0.15, 0.2) is 11.5 Å². The number of nitrogens with one attached hydrogen (secondary N) is 1. The maximum Gasteiger partial charge on any atom is 0.251 e. The van der Waals surface area contributed by atoms with Gasteiger partial charge in [0.2, 0.25) is 0 Å². The molecule has 3 aromatic rings. The van der Waals surface area contributed by atoms with Crippen LogP contribution in [0.5, 0.6) is 11.5 Å². The Labute approximate surface area is 223 Å². The molecule has 4 N–H and O–H groups in total. The van der Waals surface area contributed by atoms with Gasteiger partial charge in [-0.05, 0) is 91.4 Å². The van der Waals surface area contributed by atoms with E-state index in [-0.39, 0.29) is 35.4 Å². The van der Waals surface area contributed by atoms with Crippen molar-refractivity contribution >= 4 is 16.7 Å². The number of benzene rings is 3. The lowest BCUT2D eigenvalue weighted by Gasteiger charge is -2.67. The Kier molecular flexibility index (Phi) is 5.34. The van der Waals surface area contributed by atoms with Crippen molar-refractivity contribution in [2.24, 2.45) is 11.8 Å². The molecule has 6 heteroatoms. The maximum absolute atomic E-state index is 13.5. The molecule has 198 valence electrons. The molecule has 3 fully saturated rings. The van der Waals surface area contributed by atoms with Crippen molar-refractivity contribution in [3.05, 3.63) is 71.3 Å². The van der Waals surface area contributed by atoms with Crippen molar-refractivity contribution in [1.82, 2.24) is 10.2 Å². The number of likely N-dealkylation sites (tertiary alicyclic amines) is 1. The van der Waals surface area contributed by atoms with Crippen LogP contribution in [0.15, 0.2) is 54.6 Å². The maximum atomic E-state index is 13.5. The molecule has 3 aromatic carbocycles. The molecule has 1 aliphatic heterocycles. The lowest BCUT2D eigenvalue weighted by atomic mass is 9.45. The zero-order valence-electron chi connectivity index (χ0n) is 21.9. The molecule has 1 heterocycles. The number of nitrogens with zero attached hydrogens (tertiary/aromatic N) is 1. The zero-order valence-corrected chi connectivity index (χ0v) is 21.9. The molecule has 1 saturated heterocycles. The summed E-state index contributed by atoms with van der Waals surface area (Å²) in [7, 11) is 0. The van der Waals surface area contributed by atoms with Crippen LogP contribution in [0, 0.1) is 11.8 Å². The van der Waals surface area contributed by atoms with Gasteiger partial charge < -0.3 is 20.6 Å². The molecule has 2 saturated carbocycles. The van der Waals surface area contributed by atoms with Crippen LogP contribution in [-0.2, 0) is 11.8 Å². The minimum absolute atomic E-state index is 0.0344. The number of rotatable bonds is 4. The first kappa shape index (κ1) is 24.0. The summed E-state index contributed by atoms with van der Waals surface area (Å²) in [6, 6.07) is 17.1. The largest absolute Gasteiger partial charge is 0.504 e. The number of hydrogen-bond donors (Lipinski definition) is 4. The third-order valence-corrected chi connectivity index (χ3v) is 10.4. The van der Waals surface area contributed by atoms with Gasteiger partial charge >= 0.3 is 0 Å². The number of aliphatic hydroxyl groups is 1. The quantitative estimate of drug-likeness (QED) is 0.387. The predicted octanol–water partition coefficient (Wildman–Crippen LogP) is 4.49. The van der Waals surface area contributed by atoms with E-state index in [1.54, 1.807) is 6.07 Å². The number of hydrogen-bond acceptors (Lipinski definition) is 5. The summed E-state index contributed by atoms with van der Waals surface area (Å²) >= 11 is 0. The number of phenolic OH excluding ortho intramolecular Hbond substituents is 2. The third kappa shape index (κ3) is 3.36. The summed E-state index contributed by atoms with van der Waals surface area (Å²) < 4.78 is 0. The molecule has 38 heavy (non-hydrogen) atoms. The minimum atomic E-state index is -1.04. The summed E-state index contributed by atoms with van der Waals surface area (Å²) in [6.45, 7) is 3.97. The zero-order chi connectivity index (χ0) is 26.2. The van der Waals surface area contributed by atoms with Crippen LogP contribution in [0.1, 0.15) is 60.5 Å². The van der Waals surface area contributed by atoms with Crippen LogP contribution < -0.4 is 5.32 Å². The van der Waals surface area contributed by atoms with Crippen molar-refractivity contribution in [3.63, 3.8) is 0 Å². The van der Waals surface area contributed by atoms with E-state index in [1.165, 1.54) is 12.8 Å². The third-order valence-electron chi connectivity index (χ3n) is 10.4. The Morgan fingerprint density at radius 1 is 1.03 bits per heavy atom. The molecule has 4 aliphatic rings. The number of aromatic hydroxyl groups is 2. The van der Waals surface area contributed by atoms with Gasteiger partial charge in [-0.1, -0.05) is 43.3 Å². The van der Waals surface area contributed by atoms with E-state index in [1.807, 2.05) is 48.5 Å². The first-order chi connectivity index (χ1) is 18.3. The number of fused-ring (bicyclic) bond motifs is 2. The van der Waals surface area contributed by atoms with E-state index >= 15 is 0 Å². The summed E-state index contributed by atoms with van der Waals surface area (Å²) in [6.07, 6.45) is 5.08. The fourth-order valence-electron chi connectivity index (χ4n) is 8.27. The van der Waals surface area contributed by atoms with Gasteiger partial charge in [0.05, 0.1) is 5.60 Å². The van der Waals surface area contributed by atoms with Gasteiger partial charge in [-0.15, -0.1) is 0 Å². The van der Waals surface area contributed by atoms with Crippen molar-refractivity contribution in [2.45, 2.75) is 68.5 Å². The number of amides is 1. The van der Waals surface area contributed by atoms with E-state index in [9.17, 15) is 20.1 Å². The monoisotopic (exact) mass is 512 g/mol. The van der Waals surface area contributed by atoms with Crippen LogP contribution in [0.4, 0.5) is 0 Å². The first-order valence-corrected chi connectivity index (χ1v) is 14.1. The molecule has 0 spiro atoms. The summed E-state index contributed by atoms with van der Waals surface area (Å²) in [5.41, 5.74) is 0.523. The predicted molar refractivity (Wildman–Crippen MR) is 146 cm³/mol. The summed E-state index contributed by atoms with van der Waals surface area (Å²) in [4.78, 5) is 16.0. The second kappa shape index (κ2) is 8.45. The number of phenols is 2. The molecule has 2 bridgehead atoms. The average Bonchev–Trinajstić information content (AvgIpc) is 3.73. The van der Waals surface area contributed by atoms with Crippen LogP contribution in [0.25, 0.3) is 10.8 Å². The Morgan fingerprint density at radius 2 is 1.82 bits per heavy atom. The minimum Gasteiger partial charge on any atom is -0.504 e. The Bertz CT molecular complexity index is 1430. The topological polar surface area (TPSA) is 93.0 Å². The van der Waals surface area contributed by atoms with Crippen molar-refractivity contribution in [3.8, 4) is 11.5 Å². The Hall–Kier alpha value is -3.09. The molecule has 0 radical (unpaired) electrons. The second-order valence-corrected chi connectivity index (χ2v) is 12.2. The Balaban J connectivity index is 1.26. The average molecular weight is 513 g/mol. The molecule has 3 aliphatic carbocycles. The van der Waals surface area contributed by atoms with E-state index in [0.29, 0.717) is 36.8 Å². The highest BCUT2D eigenvalue weighted by molar-refractivity contribution is 5.98. The van der Waals surface area contributed by atoms with Crippen LogP contribution in [0.3, 0.4) is 0 Å². The highest BCUT2D eigenvalue weighted by Crippen LogP contribution is 2.63. The van der Waals surface area contributed by atoms with Gasteiger partial charge in [-0.25, -0.2) is 0 Å². The number of piperidine rings is 1. The van der Waals surface area contributed by atoms with Crippen molar-refractivity contribution in [2.75, 3.05) is 13.1 Å². The second-order valence-electron chi connectivity index (χ2n) is 12.2. The molecular weight excluding hydrogens is 476 g/mol. The highest BCUT2D eigenvalue weighted by atomic mass is 16.3. The molecular formula is C32H36N2O4. The molecule has 1 unspecified atom stereocenters. The fourth-order valence-corrected chi connectivity index (χ4v) is 8.27. The van der Waals surface area contributed by atoms with E-state index in [4.69, 9.17) is 0 Å². The lowest BCUT2D eigenvalue weighted by Crippen LogP contribution is -2.76. The van der Waals surface area contributed by atoms with Gasteiger partial charge in [0.25, 0.3) is 5.91 Å². The van der Waals surface area contributed by atoms with E-state index < -0.39 is 11.0 Å². The van der Waals surface area contributed by atoms with Gasteiger partial charge in [0, 0.05) is 35.2 Å². The molecule has 5 atom stereocenters. The lowest BCUT2D eigenvalue weighted by molar-refractivity contribution is -0.188. The Morgan fingerprint density at radius 3 is 2.61 bits per heavy atom. The van der Waals surface area contributed by atoms with E-state index in [2.05, 4.69) is 17.1 Å². The number of carbonyl (C=O) groups excluding carboxylic acids is 1. The van der Waals surface area contributed by atoms with Crippen molar-refractivity contribution in [1.29, 1.82) is 0 Å². The van der Waals surface area contributed by atoms with Gasteiger partial charge in [0.1, 0.15) is 0 Å².